The molecule has 0 atom stereocenters. The normalized spacial score (nSPS) is 16.7. The maximum atomic E-state index is 3.86. The fourth-order valence-electron chi connectivity index (χ4n) is 2.14. The Morgan fingerprint density at radius 1 is 1.13 bits per heavy atom. The zero-order valence-electron chi connectivity index (χ0n) is 9.36. The summed E-state index contributed by atoms with van der Waals surface area (Å²) in [5.41, 5.74) is 5.23. The molecule has 1 saturated heterocycles. The molecule has 1 aromatic heterocycles. The number of aromatic nitrogens is 1. The van der Waals surface area contributed by atoms with Crippen molar-refractivity contribution in [3.8, 4) is 0 Å². The van der Waals surface area contributed by atoms with Gasteiger partial charge in [0.15, 0.2) is 18.9 Å². The van der Waals surface area contributed by atoms with Crippen molar-refractivity contribution in [1.29, 1.82) is 0 Å². The van der Waals surface area contributed by atoms with Gasteiger partial charge in [-0.3, -0.25) is 0 Å². The van der Waals surface area contributed by atoms with Crippen LogP contribution in [0.4, 0.5) is 5.69 Å². The van der Waals surface area contributed by atoms with Crippen LogP contribution in [0.2, 0.25) is 0 Å². The third kappa shape index (κ3) is 2.69. The van der Waals surface area contributed by atoms with Crippen LogP contribution in [0.15, 0.2) is 24.5 Å². The van der Waals surface area contributed by atoms with Crippen LogP contribution in [0.1, 0.15) is 19.3 Å². The van der Waals surface area contributed by atoms with E-state index in [9.17, 15) is 0 Å². The number of rotatable bonds is 3. The number of anilines is 1. The van der Waals surface area contributed by atoms with E-state index in [0.29, 0.717) is 0 Å². The Morgan fingerprint density at radius 3 is 2.40 bits per heavy atom. The molecule has 3 nitrogen and oxygen atoms in total. The van der Waals surface area contributed by atoms with Gasteiger partial charge in [-0.25, -0.2) is 0 Å². The SMILES string of the molecule is [NH3+]CC[n+]1ccc(N2CCCCC2)cc1. The lowest BCUT2D eigenvalue weighted by Crippen LogP contribution is -2.56. The summed E-state index contributed by atoms with van der Waals surface area (Å²) in [6.45, 7) is 4.41. The molecule has 3 N–H and O–H groups in total. The quantitative estimate of drug-likeness (QED) is 0.706. The second-order valence-corrected chi connectivity index (χ2v) is 4.20. The molecule has 1 aliphatic heterocycles. The van der Waals surface area contributed by atoms with E-state index in [2.05, 4.69) is 39.7 Å². The second kappa shape index (κ2) is 5.12. The van der Waals surface area contributed by atoms with Crippen molar-refractivity contribution in [3.63, 3.8) is 0 Å². The van der Waals surface area contributed by atoms with Crippen LogP contribution in [-0.2, 0) is 6.54 Å². The predicted octanol–water partition coefficient (Wildman–Crippen LogP) is 0.206. The number of quaternary nitrogens is 1. The van der Waals surface area contributed by atoms with Crippen molar-refractivity contribution in [2.24, 2.45) is 0 Å². The lowest BCUT2D eigenvalue weighted by molar-refractivity contribution is -0.711. The van der Waals surface area contributed by atoms with Crippen molar-refractivity contribution in [1.82, 2.24) is 0 Å². The molecule has 2 rings (SSSR count). The van der Waals surface area contributed by atoms with E-state index in [1.54, 1.807) is 0 Å². The first kappa shape index (κ1) is 10.4. The highest BCUT2D eigenvalue weighted by molar-refractivity contribution is 5.43. The summed E-state index contributed by atoms with van der Waals surface area (Å²) in [6, 6.07) is 4.45. The Hall–Kier alpha value is -1.09. The Balaban J connectivity index is 2.02. The number of piperidine rings is 1. The van der Waals surface area contributed by atoms with Gasteiger partial charge in [-0.15, -0.1) is 0 Å². The zero-order valence-corrected chi connectivity index (χ0v) is 9.36. The Morgan fingerprint density at radius 2 is 1.80 bits per heavy atom. The molecule has 0 aromatic carbocycles. The summed E-state index contributed by atoms with van der Waals surface area (Å²) in [7, 11) is 0. The first-order chi connectivity index (χ1) is 7.40. The number of hydrogen-bond donors (Lipinski definition) is 1. The van der Waals surface area contributed by atoms with Gasteiger partial charge in [-0.2, -0.15) is 4.57 Å². The summed E-state index contributed by atoms with van der Waals surface area (Å²) in [5, 5.41) is 0. The van der Waals surface area contributed by atoms with Gasteiger partial charge in [-0.1, -0.05) is 0 Å². The summed E-state index contributed by atoms with van der Waals surface area (Å²) in [4.78, 5) is 2.48. The van der Waals surface area contributed by atoms with Crippen LogP contribution in [-0.4, -0.2) is 19.6 Å². The molecule has 82 valence electrons. The molecule has 0 saturated carbocycles. The molecule has 1 aromatic rings. The largest absolute Gasteiger partial charge is 0.371 e. The summed E-state index contributed by atoms with van der Waals surface area (Å²) < 4.78 is 2.19. The van der Waals surface area contributed by atoms with E-state index >= 15 is 0 Å². The van der Waals surface area contributed by atoms with Gasteiger partial charge in [0.2, 0.25) is 0 Å². The second-order valence-electron chi connectivity index (χ2n) is 4.20. The van der Waals surface area contributed by atoms with E-state index < -0.39 is 0 Å². The fraction of sp³-hybridized carbons (Fsp3) is 0.583. The average molecular weight is 207 g/mol. The minimum atomic E-state index is 0.952. The van der Waals surface area contributed by atoms with Crippen molar-refractivity contribution < 1.29 is 10.3 Å². The first-order valence-electron chi connectivity index (χ1n) is 5.93. The maximum Gasteiger partial charge on any atom is 0.196 e. The molecule has 1 aliphatic rings. The minimum absolute atomic E-state index is 0.952. The van der Waals surface area contributed by atoms with Crippen molar-refractivity contribution in [2.45, 2.75) is 25.8 Å². The average Bonchev–Trinajstić information content (AvgIpc) is 2.32. The molecule has 1 fully saturated rings. The molecule has 2 heterocycles. The molecule has 0 radical (unpaired) electrons. The Kier molecular flexibility index (Phi) is 3.56. The van der Waals surface area contributed by atoms with E-state index in [-0.39, 0.29) is 0 Å². The van der Waals surface area contributed by atoms with Crippen LogP contribution in [0.5, 0.6) is 0 Å². The standard InChI is InChI=1S/C12H20N3/c13-6-11-14-9-4-12(5-10-14)15-7-2-1-3-8-15/h4-5,9-10H,1-3,6-8,11,13H2/q+1/p+1. The van der Waals surface area contributed by atoms with Crippen molar-refractivity contribution >= 4 is 5.69 Å². The van der Waals surface area contributed by atoms with Gasteiger partial charge in [0.1, 0.15) is 6.54 Å². The molecule has 0 amide bonds. The van der Waals surface area contributed by atoms with Gasteiger partial charge in [0, 0.05) is 30.9 Å². The summed E-state index contributed by atoms with van der Waals surface area (Å²) in [6.07, 6.45) is 8.40. The van der Waals surface area contributed by atoms with Gasteiger partial charge in [0.25, 0.3) is 0 Å². The number of hydrogen-bond acceptors (Lipinski definition) is 1. The smallest absolute Gasteiger partial charge is 0.196 e. The molecule has 0 unspecified atom stereocenters. The zero-order chi connectivity index (χ0) is 10.5. The molecule has 15 heavy (non-hydrogen) atoms. The lowest BCUT2D eigenvalue weighted by Gasteiger charge is -2.28. The van der Waals surface area contributed by atoms with Crippen LogP contribution in [0, 0.1) is 0 Å². The van der Waals surface area contributed by atoms with E-state index in [4.69, 9.17) is 0 Å². The number of nitrogens with zero attached hydrogens (tertiary/aromatic N) is 2. The van der Waals surface area contributed by atoms with E-state index in [0.717, 1.165) is 13.1 Å². The molecule has 0 aliphatic carbocycles. The number of pyridine rings is 1. The third-order valence-electron chi connectivity index (χ3n) is 3.01. The Labute approximate surface area is 91.5 Å². The van der Waals surface area contributed by atoms with E-state index in [1.165, 1.54) is 38.0 Å². The maximum absolute atomic E-state index is 3.86. The highest BCUT2D eigenvalue weighted by Gasteiger charge is 2.11. The monoisotopic (exact) mass is 207 g/mol. The fourth-order valence-corrected chi connectivity index (χ4v) is 2.14. The van der Waals surface area contributed by atoms with Crippen molar-refractivity contribution in [2.75, 3.05) is 24.5 Å². The third-order valence-corrected chi connectivity index (χ3v) is 3.01. The van der Waals surface area contributed by atoms with Gasteiger partial charge >= 0.3 is 0 Å². The predicted molar refractivity (Wildman–Crippen MR) is 60.5 cm³/mol. The Bertz CT molecular complexity index is 288. The van der Waals surface area contributed by atoms with Crippen LogP contribution >= 0.6 is 0 Å². The molecule has 0 spiro atoms. The van der Waals surface area contributed by atoms with Crippen LogP contribution in [0.3, 0.4) is 0 Å². The molecule has 0 bridgehead atoms. The summed E-state index contributed by atoms with van der Waals surface area (Å²) >= 11 is 0. The molecule has 3 heteroatoms. The lowest BCUT2D eigenvalue weighted by atomic mass is 10.1. The van der Waals surface area contributed by atoms with Crippen molar-refractivity contribution in [3.05, 3.63) is 24.5 Å². The van der Waals surface area contributed by atoms with Gasteiger partial charge < -0.3 is 10.6 Å². The minimum Gasteiger partial charge on any atom is -0.371 e. The first-order valence-corrected chi connectivity index (χ1v) is 5.93. The summed E-state index contributed by atoms with van der Waals surface area (Å²) in [5.74, 6) is 0. The van der Waals surface area contributed by atoms with Crippen LogP contribution < -0.4 is 15.2 Å². The van der Waals surface area contributed by atoms with Gasteiger partial charge in [-0.05, 0) is 19.3 Å². The highest BCUT2D eigenvalue weighted by Crippen LogP contribution is 2.17. The van der Waals surface area contributed by atoms with Crippen LogP contribution in [0.25, 0.3) is 0 Å². The molecular weight excluding hydrogens is 186 g/mol. The van der Waals surface area contributed by atoms with Gasteiger partial charge in [0.05, 0.1) is 0 Å². The topological polar surface area (TPSA) is 34.8 Å². The van der Waals surface area contributed by atoms with E-state index in [1.807, 2.05) is 0 Å². The molecular formula is C12H21N3+2. The highest BCUT2D eigenvalue weighted by atomic mass is 15.1.